The van der Waals surface area contributed by atoms with Crippen molar-refractivity contribution in [2.75, 3.05) is 5.32 Å². The van der Waals surface area contributed by atoms with Crippen molar-refractivity contribution in [1.29, 1.82) is 0 Å². The van der Waals surface area contributed by atoms with E-state index in [0.717, 1.165) is 49.1 Å². The molecule has 3 rings (SSSR count). The summed E-state index contributed by atoms with van der Waals surface area (Å²) in [6.07, 6.45) is 5.25. The highest BCUT2D eigenvalue weighted by Crippen LogP contribution is 2.28. The Bertz CT molecular complexity index is 614. The summed E-state index contributed by atoms with van der Waals surface area (Å²) in [5.74, 6) is 0.484. The molecule has 0 heterocycles. The Balaban J connectivity index is 1.49. The Morgan fingerprint density at radius 2 is 1.74 bits per heavy atom. The number of benzene rings is 1. The van der Waals surface area contributed by atoms with Gasteiger partial charge < -0.3 is 10.6 Å². The number of ketones is 1. The second kappa shape index (κ2) is 6.99. The van der Waals surface area contributed by atoms with E-state index in [1.54, 1.807) is 0 Å². The van der Waals surface area contributed by atoms with Crippen LogP contribution in [0.3, 0.4) is 0 Å². The number of anilines is 1. The van der Waals surface area contributed by atoms with Crippen molar-refractivity contribution in [3.05, 3.63) is 41.6 Å². The summed E-state index contributed by atoms with van der Waals surface area (Å²) in [6.45, 7) is 1.91. The van der Waals surface area contributed by atoms with Gasteiger partial charge in [0, 0.05) is 35.3 Å². The maximum absolute atomic E-state index is 12.3. The van der Waals surface area contributed by atoms with E-state index in [-0.39, 0.29) is 17.6 Å². The van der Waals surface area contributed by atoms with Gasteiger partial charge in [-0.2, -0.15) is 0 Å². The highest BCUT2D eigenvalue weighted by Gasteiger charge is 2.28. The second-order valence-corrected chi connectivity index (χ2v) is 6.57. The number of carbonyl (C=O) groups is 2. The molecule has 1 amide bonds. The standard InChI is InChI=1S/C19H24N2O2/c1-13-17(11-12-18(13)22)20-16-9-7-14(8-10-16)19(23)21-15-5-3-2-4-6-15/h2-6,14,16,20H,7-12H2,1H3,(H,21,23)/t14-,16-. The first-order chi connectivity index (χ1) is 11.1. The van der Waals surface area contributed by atoms with Crippen molar-refractivity contribution >= 4 is 17.4 Å². The van der Waals surface area contributed by atoms with E-state index in [1.807, 2.05) is 37.3 Å². The fourth-order valence-electron chi connectivity index (χ4n) is 3.47. The van der Waals surface area contributed by atoms with Gasteiger partial charge >= 0.3 is 0 Å². The predicted molar refractivity (Wildman–Crippen MR) is 90.9 cm³/mol. The van der Waals surface area contributed by atoms with Crippen molar-refractivity contribution in [3.8, 4) is 0 Å². The quantitative estimate of drug-likeness (QED) is 0.895. The van der Waals surface area contributed by atoms with E-state index in [4.69, 9.17) is 0 Å². The first-order valence-electron chi connectivity index (χ1n) is 8.49. The number of rotatable bonds is 4. The largest absolute Gasteiger partial charge is 0.385 e. The average Bonchev–Trinajstić information content (AvgIpc) is 2.88. The van der Waals surface area contributed by atoms with Crippen molar-refractivity contribution in [3.63, 3.8) is 0 Å². The van der Waals surface area contributed by atoms with Crippen LogP contribution in [0.5, 0.6) is 0 Å². The molecule has 23 heavy (non-hydrogen) atoms. The SMILES string of the molecule is CC1=C(N[C@H]2CC[C@H](C(=O)Nc3ccccc3)CC2)CCC1=O. The molecule has 1 aromatic carbocycles. The Hall–Kier alpha value is -2.10. The molecule has 4 nitrogen and oxygen atoms in total. The minimum Gasteiger partial charge on any atom is -0.385 e. The molecule has 0 spiro atoms. The van der Waals surface area contributed by atoms with Gasteiger partial charge in [-0.25, -0.2) is 0 Å². The van der Waals surface area contributed by atoms with E-state index in [2.05, 4.69) is 10.6 Å². The maximum atomic E-state index is 12.3. The molecule has 0 saturated heterocycles. The molecule has 0 unspecified atom stereocenters. The number of Topliss-reactive ketones (excluding diaryl/α,β-unsaturated/α-hetero) is 1. The van der Waals surface area contributed by atoms with Gasteiger partial charge in [0.1, 0.15) is 0 Å². The molecule has 0 radical (unpaired) electrons. The lowest BCUT2D eigenvalue weighted by Crippen LogP contribution is -2.36. The molecule has 2 aliphatic carbocycles. The monoisotopic (exact) mass is 312 g/mol. The Kier molecular flexibility index (Phi) is 4.79. The Morgan fingerprint density at radius 1 is 1.04 bits per heavy atom. The predicted octanol–water partition coefficient (Wildman–Crippen LogP) is 3.41. The summed E-state index contributed by atoms with van der Waals surface area (Å²) in [7, 11) is 0. The maximum Gasteiger partial charge on any atom is 0.227 e. The second-order valence-electron chi connectivity index (χ2n) is 6.57. The third-order valence-corrected chi connectivity index (χ3v) is 4.99. The Morgan fingerprint density at radius 3 is 2.35 bits per heavy atom. The van der Waals surface area contributed by atoms with Crippen LogP contribution >= 0.6 is 0 Å². The zero-order valence-electron chi connectivity index (χ0n) is 13.6. The third-order valence-electron chi connectivity index (χ3n) is 4.99. The van der Waals surface area contributed by atoms with Gasteiger partial charge in [-0.3, -0.25) is 9.59 Å². The summed E-state index contributed by atoms with van der Waals surface area (Å²) < 4.78 is 0. The fraction of sp³-hybridized carbons (Fsp3) is 0.474. The van der Waals surface area contributed by atoms with Gasteiger partial charge in [0.15, 0.2) is 5.78 Å². The molecule has 1 fully saturated rings. The van der Waals surface area contributed by atoms with E-state index >= 15 is 0 Å². The van der Waals surface area contributed by atoms with Crippen molar-refractivity contribution in [1.82, 2.24) is 5.32 Å². The molecule has 1 saturated carbocycles. The number of hydrogen-bond donors (Lipinski definition) is 2. The number of hydrogen-bond acceptors (Lipinski definition) is 3. The smallest absolute Gasteiger partial charge is 0.227 e. The number of para-hydroxylation sites is 1. The first-order valence-corrected chi connectivity index (χ1v) is 8.49. The lowest BCUT2D eigenvalue weighted by atomic mass is 9.85. The number of carbonyl (C=O) groups excluding carboxylic acids is 2. The summed E-state index contributed by atoms with van der Waals surface area (Å²) in [5.41, 5.74) is 2.88. The molecule has 122 valence electrons. The first kappa shape index (κ1) is 15.8. The minimum atomic E-state index is 0.0912. The Labute approximate surface area is 137 Å². The van der Waals surface area contributed by atoms with Gasteiger partial charge in [0.25, 0.3) is 0 Å². The van der Waals surface area contributed by atoms with Crippen LogP contribution in [-0.4, -0.2) is 17.7 Å². The molecule has 0 bridgehead atoms. The van der Waals surface area contributed by atoms with Gasteiger partial charge in [-0.05, 0) is 51.2 Å². The molecule has 4 heteroatoms. The van der Waals surface area contributed by atoms with Crippen molar-refractivity contribution in [2.24, 2.45) is 5.92 Å². The summed E-state index contributed by atoms with van der Waals surface area (Å²) >= 11 is 0. The van der Waals surface area contributed by atoms with E-state index in [9.17, 15) is 9.59 Å². The molecule has 2 N–H and O–H groups in total. The molecule has 0 atom stereocenters. The van der Waals surface area contributed by atoms with Gasteiger partial charge in [0.2, 0.25) is 5.91 Å². The lowest BCUT2D eigenvalue weighted by Gasteiger charge is -2.29. The molecule has 0 aromatic heterocycles. The summed E-state index contributed by atoms with van der Waals surface area (Å²) in [5, 5.41) is 6.53. The van der Waals surface area contributed by atoms with Crippen molar-refractivity contribution < 1.29 is 9.59 Å². The van der Waals surface area contributed by atoms with Gasteiger partial charge in [-0.15, -0.1) is 0 Å². The van der Waals surface area contributed by atoms with Gasteiger partial charge in [-0.1, -0.05) is 18.2 Å². The van der Waals surface area contributed by atoms with Gasteiger partial charge in [0.05, 0.1) is 0 Å². The van der Waals surface area contributed by atoms with Crippen LogP contribution in [0.1, 0.15) is 45.4 Å². The van der Waals surface area contributed by atoms with Crippen LogP contribution in [0, 0.1) is 5.92 Å². The zero-order chi connectivity index (χ0) is 16.2. The van der Waals surface area contributed by atoms with E-state index < -0.39 is 0 Å². The molecular formula is C19H24N2O2. The summed E-state index contributed by atoms with van der Waals surface area (Å²) in [4.78, 5) is 23.9. The number of nitrogens with one attached hydrogen (secondary N) is 2. The molecule has 1 aromatic rings. The minimum absolute atomic E-state index is 0.0912. The lowest BCUT2D eigenvalue weighted by molar-refractivity contribution is -0.120. The van der Waals surface area contributed by atoms with E-state index in [1.165, 1.54) is 0 Å². The van der Waals surface area contributed by atoms with Crippen LogP contribution in [0.25, 0.3) is 0 Å². The van der Waals surface area contributed by atoms with E-state index in [0.29, 0.717) is 12.5 Å². The van der Waals surface area contributed by atoms with Crippen LogP contribution in [0.4, 0.5) is 5.69 Å². The highest BCUT2D eigenvalue weighted by atomic mass is 16.2. The number of amides is 1. The zero-order valence-corrected chi connectivity index (χ0v) is 13.6. The van der Waals surface area contributed by atoms with Crippen LogP contribution in [0.15, 0.2) is 41.6 Å². The molecule has 0 aliphatic heterocycles. The summed E-state index contributed by atoms with van der Waals surface area (Å²) in [6, 6.07) is 10.0. The molecule has 2 aliphatic rings. The number of allylic oxidation sites excluding steroid dienone is 2. The fourth-order valence-corrected chi connectivity index (χ4v) is 3.47. The van der Waals surface area contributed by atoms with Crippen LogP contribution in [-0.2, 0) is 9.59 Å². The molecular weight excluding hydrogens is 288 g/mol. The van der Waals surface area contributed by atoms with Crippen LogP contribution in [0.2, 0.25) is 0 Å². The normalized spacial score (nSPS) is 24.7. The van der Waals surface area contributed by atoms with Crippen molar-refractivity contribution in [2.45, 2.75) is 51.5 Å². The van der Waals surface area contributed by atoms with Crippen LogP contribution < -0.4 is 10.6 Å². The highest BCUT2D eigenvalue weighted by molar-refractivity contribution is 5.98. The average molecular weight is 312 g/mol. The third kappa shape index (κ3) is 3.81. The topological polar surface area (TPSA) is 58.2 Å².